The highest BCUT2D eigenvalue weighted by Crippen LogP contribution is 2.42. The molecule has 5 rings (SSSR count). The number of hydrogen-bond acceptors (Lipinski definition) is 8. The summed E-state index contributed by atoms with van der Waals surface area (Å²) in [5.41, 5.74) is 8.21. The number of piperidine rings is 1. The highest BCUT2D eigenvalue weighted by Gasteiger charge is 2.44. The van der Waals surface area contributed by atoms with Gasteiger partial charge < -0.3 is 20.3 Å². The van der Waals surface area contributed by atoms with E-state index < -0.39 is 5.41 Å². The van der Waals surface area contributed by atoms with Crippen molar-refractivity contribution in [2.24, 2.45) is 5.41 Å². The monoisotopic (exact) mass is 473 g/mol. The lowest BCUT2D eigenvalue weighted by Crippen LogP contribution is -2.49. The number of methoxy groups -OCH3 is 1. The molecule has 0 saturated carbocycles. The van der Waals surface area contributed by atoms with Gasteiger partial charge in [0.2, 0.25) is 17.8 Å². The molecule has 1 amide bonds. The van der Waals surface area contributed by atoms with Crippen LogP contribution in [0.5, 0.6) is 5.75 Å². The molecule has 0 spiro atoms. The molecule has 2 aliphatic rings. The van der Waals surface area contributed by atoms with Crippen LogP contribution in [0.25, 0.3) is 11.1 Å². The molecule has 0 unspecified atom stereocenters. The van der Waals surface area contributed by atoms with Crippen molar-refractivity contribution in [3.8, 4) is 16.9 Å². The van der Waals surface area contributed by atoms with E-state index in [0.29, 0.717) is 6.54 Å². The topological polar surface area (TPSA) is 110 Å². The summed E-state index contributed by atoms with van der Waals surface area (Å²) in [5.74, 6) is 1.88. The molecule has 3 aromatic rings. The van der Waals surface area contributed by atoms with Crippen molar-refractivity contribution in [1.29, 1.82) is 0 Å². The van der Waals surface area contributed by atoms with Crippen molar-refractivity contribution in [3.63, 3.8) is 0 Å². The lowest BCUT2D eigenvalue weighted by atomic mass is 9.78. The molecule has 2 fully saturated rings. The maximum atomic E-state index is 14.0. The minimum absolute atomic E-state index is 0.138. The molecule has 182 valence electrons. The summed E-state index contributed by atoms with van der Waals surface area (Å²) >= 11 is 0. The fourth-order valence-electron chi connectivity index (χ4n) is 5.19. The van der Waals surface area contributed by atoms with E-state index in [1.807, 2.05) is 35.2 Å². The van der Waals surface area contributed by atoms with Gasteiger partial charge in [-0.1, -0.05) is 19.1 Å². The summed E-state index contributed by atoms with van der Waals surface area (Å²) in [6.07, 6.45) is 8.54. The van der Waals surface area contributed by atoms with Crippen LogP contribution < -0.4 is 15.4 Å². The molecule has 2 N–H and O–H groups in total. The van der Waals surface area contributed by atoms with Crippen molar-refractivity contribution < 1.29 is 9.53 Å². The van der Waals surface area contributed by atoms with Crippen molar-refractivity contribution in [2.45, 2.75) is 38.6 Å². The van der Waals surface area contributed by atoms with Gasteiger partial charge in [0.15, 0.2) is 0 Å². The van der Waals surface area contributed by atoms with Gasteiger partial charge in [-0.3, -0.25) is 4.79 Å². The molecular formula is C26H31N7O2. The third kappa shape index (κ3) is 4.50. The van der Waals surface area contributed by atoms with Crippen molar-refractivity contribution in [2.75, 3.05) is 37.4 Å². The van der Waals surface area contributed by atoms with Crippen LogP contribution in [0.2, 0.25) is 0 Å². The largest absolute Gasteiger partial charge is 0.497 e. The van der Waals surface area contributed by atoms with Crippen LogP contribution in [0, 0.1) is 5.41 Å². The predicted molar refractivity (Wildman–Crippen MR) is 134 cm³/mol. The molecule has 0 aliphatic carbocycles. The van der Waals surface area contributed by atoms with Gasteiger partial charge in [0.25, 0.3) is 0 Å². The molecule has 35 heavy (non-hydrogen) atoms. The number of hydrogen-bond donors (Lipinski definition) is 1. The van der Waals surface area contributed by atoms with Gasteiger partial charge >= 0.3 is 0 Å². The highest BCUT2D eigenvalue weighted by atomic mass is 16.5. The number of nitrogens with zero attached hydrogens (tertiary/aromatic N) is 6. The van der Waals surface area contributed by atoms with E-state index in [1.165, 1.54) is 0 Å². The summed E-state index contributed by atoms with van der Waals surface area (Å²) in [4.78, 5) is 35.8. The SMILES string of the molecule is COc1cccc(-c2cnc(N)nc2[C@H]2CCCN2C(=O)C2(C)CCN(c3ncccn3)CC2)c1. The first-order valence-corrected chi connectivity index (χ1v) is 12.1. The number of nitrogen functional groups attached to an aromatic ring is 1. The summed E-state index contributed by atoms with van der Waals surface area (Å²) < 4.78 is 5.42. The maximum Gasteiger partial charge on any atom is 0.229 e. The second kappa shape index (κ2) is 9.48. The number of likely N-dealkylation sites (tertiary alicyclic amines) is 1. The number of aromatic nitrogens is 4. The van der Waals surface area contributed by atoms with Gasteiger partial charge in [0, 0.05) is 49.2 Å². The van der Waals surface area contributed by atoms with Gasteiger partial charge in [0.1, 0.15) is 5.75 Å². The van der Waals surface area contributed by atoms with Gasteiger partial charge in [-0.2, -0.15) is 0 Å². The highest BCUT2D eigenvalue weighted by molar-refractivity contribution is 5.84. The summed E-state index contributed by atoms with van der Waals surface area (Å²) in [5, 5.41) is 0. The minimum Gasteiger partial charge on any atom is -0.497 e. The molecule has 9 nitrogen and oxygen atoms in total. The number of benzene rings is 1. The number of ether oxygens (including phenoxy) is 1. The Hall–Kier alpha value is -3.75. The average Bonchev–Trinajstić information content (AvgIpc) is 3.39. The van der Waals surface area contributed by atoms with Crippen molar-refractivity contribution in [1.82, 2.24) is 24.8 Å². The molecule has 1 aromatic carbocycles. The Morgan fingerprint density at radius 3 is 2.63 bits per heavy atom. The van der Waals surface area contributed by atoms with Crippen LogP contribution in [0.3, 0.4) is 0 Å². The Morgan fingerprint density at radius 2 is 1.89 bits per heavy atom. The molecule has 0 radical (unpaired) electrons. The van der Waals surface area contributed by atoms with E-state index in [1.54, 1.807) is 25.7 Å². The van der Waals surface area contributed by atoms with Gasteiger partial charge in [-0.15, -0.1) is 0 Å². The lowest BCUT2D eigenvalue weighted by molar-refractivity contribution is -0.143. The molecule has 4 heterocycles. The van der Waals surface area contributed by atoms with E-state index in [4.69, 9.17) is 10.5 Å². The van der Waals surface area contributed by atoms with E-state index in [9.17, 15) is 4.79 Å². The lowest BCUT2D eigenvalue weighted by Gasteiger charge is -2.41. The van der Waals surface area contributed by atoms with Crippen LogP contribution in [0.1, 0.15) is 44.3 Å². The zero-order valence-corrected chi connectivity index (χ0v) is 20.2. The second-order valence-corrected chi connectivity index (χ2v) is 9.51. The van der Waals surface area contributed by atoms with E-state index in [0.717, 1.165) is 67.3 Å². The summed E-state index contributed by atoms with van der Waals surface area (Å²) in [6, 6.07) is 9.49. The number of anilines is 2. The molecular weight excluding hydrogens is 442 g/mol. The zero-order valence-electron chi connectivity index (χ0n) is 20.2. The molecule has 2 aliphatic heterocycles. The normalized spacial score (nSPS) is 19.5. The average molecular weight is 474 g/mol. The van der Waals surface area contributed by atoms with E-state index >= 15 is 0 Å². The van der Waals surface area contributed by atoms with Crippen LogP contribution in [-0.2, 0) is 4.79 Å². The van der Waals surface area contributed by atoms with Gasteiger partial charge in [-0.05, 0) is 49.4 Å². The first-order chi connectivity index (χ1) is 17.0. The first kappa shape index (κ1) is 23.0. The number of rotatable bonds is 5. The van der Waals surface area contributed by atoms with Gasteiger partial charge in [0.05, 0.1) is 18.8 Å². The Bertz CT molecular complexity index is 1200. The maximum absolute atomic E-state index is 14.0. The number of nitrogens with two attached hydrogens (primary N) is 1. The number of carbonyl (C=O) groups excluding carboxylic acids is 1. The molecule has 2 saturated heterocycles. The van der Waals surface area contributed by atoms with Crippen LogP contribution in [-0.4, -0.2) is 57.5 Å². The number of amides is 1. The van der Waals surface area contributed by atoms with Crippen molar-refractivity contribution in [3.05, 3.63) is 54.6 Å². The van der Waals surface area contributed by atoms with Crippen LogP contribution in [0.4, 0.5) is 11.9 Å². The molecule has 2 aromatic heterocycles. The summed E-state index contributed by atoms with van der Waals surface area (Å²) in [7, 11) is 1.65. The first-order valence-electron chi connectivity index (χ1n) is 12.1. The third-order valence-electron chi connectivity index (χ3n) is 7.27. The third-order valence-corrected chi connectivity index (χ3v) is 7.27. The second-order valence-electron chi connectivity index (χ2n) is 9.51. The fourth-order valence-corrected chi connectivity index (χ4v) is 5.19. The quantitative estimate of drug-likeness (QED) is 0.600. The number of carbonyl (C=O) groups is 1. The van der Waals surface area contributed by atoms with E-state index in [2.05, 4.69) is 31.8 Å². The Kier molecular flexibility index (Phi) is 6.23. The standard InChI is InChI=1S/C26H31N7O2/c1-26(9-14-32(15-10-26)25-28-11-5-12-29-25)23(34)33-13-4-8-21(33)22-20(17-30-24(27)31-22)18-6-3-7-19(16-18)35-2/h3,5-7,11-12,16-17,21H,4,8-10,13-15H2,1-2H3,(H2,27,30,31)/t21-/m1/s1. The Morgan fingerprint density at radius 1 is 1.11 bits per heavy atom. The molecule has 9 heteroatoms. The Labute approximate surface area is 205 Å². The molecule has 1 atom stereocenters. The smallest absolute Gasteiger partial charge is 0.229 e. The summed E-state index contributed by atoms with van der Waals surface area (Å²) in [6.45, 7) is 4.30. The zero-order chi connectivity index (χ0) is 24.4. The Balaban J connectivity index is 1.40. The minimum atomic E-state index is -0.442. The van der Waals surface area contributed by atoms with Crippen LogP contribution >= 0.6 is 0 Å². The van der Waals surface area contributed by atoms with Crippen LogP contribution in [0.15, 0.2) is 48.9 Å². The van der Waals surface area contributed by atoms with Crippen molar-refractivity contribution >= 4 is 17.8 Å². The fraction of sp³-hybridized carbons (Fsp3) is 0.423. The van der Waals surface area contributed by atoms with E-state index in [-0.39, 0.29) is 17.9 Å². The molecule has 0 bridgehead atoms. The van der Waals surface area contributed by atoms with Gasteiger partial charge in [-0.25, -0.2) is 19.9 Å². The predicted octanol–water partition coefficient (Wildman–Crippen LogP) is 3.49.